The maximum absolute atomic E-state index is 12.2. The van der Waals surface area contributed by atoms with Gasteiger partial charge in [-0.1, -0.05) is 0 Å². The number of alkyl halides is 6. The Morgan fingerprint density at radius 2 is 1.67 bits per heavy atom. The number of halogens is 6. The van der Waals surface area contributed by atoms with Gasteiger partial charge in [0.1, 0.15) is 0 Å². The second-order valence-corrected chi connectivity index (χ2v) is 4.36. The fraction of sp³-hybridized carbons (Fsp3) is 0.778. The zero-order valence-corrected chi connectivity index (χ0v) is 10.2. The van der Waals surface area contributed by atoms with Crippen LogP contribution in [0.15, 0.2) is 0 Å². The van der Waals surface area contributed by atoms with Crippen molar-refractivity contribution in [2.24, 2.45) is 0 Å². The Hall–Kier alpha value is -1.56. The second kappa shape index (κ2) is 5.67. The van der Waals surface area contributed by atoms with Crippen LogP contribution in [0, 0.1) is 0 Å². The summed E-state index contributed by atoms with van der Waals surface area (Å²) in [5.74, 6) is -5.73. The summed E-state index contributed by atoms with van der Waals surface area (Å²) in [7, 11) is 0. The molecule has 0 spiro atoms. The minimum atomic E-state index is -5.56. The van der Waals surface area contributed by atoms with Crippen LogP contribution < -0.4 is 5.32 Å². The van der Waals surface area contributed by atoms with E-state index in [4.69, 9.17) is 0 Å². The van der Waals surface area contributed by atoms with Crippen LogP contribution in [0.25, 0.3) is 0 Å². The third kappa shape index (κ3) is 4.74. The molecule has 122 valence electrons. The van der Waals surface area contributed by atoms with E-state index in [2.05, 4.69) is 10.2 Å². The molecule has 12 heteroatoms. The van der Waals surface area contributed by atoms with E-state index in [1.807, 2.05) is 0 Å². The summed E-state index contributed by atoms with van der Waals surface area (Å²) in [4.78, 5) is 24.9. The topological polar surface area (TPSA) is 78.9 Å². The van der Waals surface area contributed by atoms with Crippen molar-refractivity contribution in [2.45, 2.75) is 24.4 Å². The number of nitrogens with one attached hydrogen (secondary N) is 1. The van der Waals surface area contributed by atoms with Gasteiger partial charge in [-0.2, -0.15) is 31.4 Å². The minimum Gasteiger partial charge on any atom is -0.387 e. The largest absolute Gasteiger partial charge is 0.493 e. The highest BCUT2D eigenvalue weighted by Gasteiger charge is 2.49. The molecule has 1 amide bonds. The summed E-state index contributed by atoms with van der Waals surface area (Å²) in [5, 5.41) is 11.4. The summed E-state index contributed by atoms with van der Waals surface area (Å²) >= 11 is 0. The number of β-amino-alcohol motifs (C(OH)–C–C–N with tert-alkyl or cyclic N) is 1. The van der Waals surface area contributed by atoms with Crippen LogP contribution >= 0.6 is 0 Å². The lowest BCUT2D eigenvalue weighted by Crippen LogP contribution is -2.61. The minimum absolute atomic E-state index is 0.00569. The number of hydrogen-bond donors (Lipinski definition) is 2. The van der Waals surface area contributed by atoms with Gasteiger partial charge in [0.05, 0.1) is 12.1 Å². The van der Waals surface area contributed by atoms with Crippen LogP contribution in [0.1, 0.15) is 6.42 Å². The molecule has 1 fully saturated rings. The van der Waals surface area contributed by atoms with E-state index in [0.717, 1.165) is 0 Å². The molecule has 6 nitrogen and oxygen atoms in total. The SMILES string of the molecule is O=C(ON(CCC1(O)CNC1)C(=O)C(F)(F)F)C(F)(F)F. The lowest BCUT2D eigenvalue weighted by Gasteiger charge is -2.38. The Kier molecular flexibility index (Phi) is 4.73. The van der Waals surface area contributed by atoms with Crippen molar-refractivity contribution >= 4 is 11.9 Å². The van der Waals surface area contributed by atoms with E-state index in [1.54, 1.807) is 0 Å². The molecule has 0 saturated carbocycles. The van der Waals surface area contributed by atoms with Gasteiger partial charge in [0.15, 0.2) is 0 Å². The van der Waals surface area contributed by atoms with Gasteiger partial charge in [0.2, 0.25) is 0 Å². The summed E-state index contributed by atoms with van der Waals surface area (Å²) in [6, 6.07) is 0. The van der Waals surface area contributed by atoms with E-state index in [0.29, 0.717) is 0 Å². The van der Waals surface area contributed by atoms with Gasteiger partial charge in [0, 0.05) is 13.1 Å². The molecule has 0 aromatic rings. The fourth-order valence-electron chi connectivity index (χ4n) is 1.38. The van der Waals surface area contributed by atoms with E-state index < -0.39 is 47.9 Å². The molecule has 1 rings (SSSR count). The Morgan fingerprint density at radius 1 is 1.14 bits per heavy atom. The summed E-state index contributed by atoms with van der Waals surface area (Å²) in [6.45, 7) is -1.04. The van der Waals surface area contributed by atoms with Crippen molar-refractivity contribution in [3.63, 3.8) is 0 Å². The van der Waals surface area contributed by atoms with Crippen LogP contribution in [-0.2, 0) is 14.4 Å². The van der Waals surface area contributed by atoms with Crippen LogP contribution in [0.5, 0.6) is 0 Å². The first-order valence-electron chi connectivity index (χ1n) is 5.46. The van der Waals surface area contributed by atoms with Gasteiger partial charge in [-0.05, 0) is 6.42 Å². The van der Waals surface area contributed by atoms with Crippen molar-refractivity contribution in [3.8, 4) is 0 Å². The number of rotatable bonds is 3. The summed E-state index contributed by atoms with van der Waals surface area (Å²) < 4.78 is 72.6. The molecular weight excluding hydrogens is 314 g/mol. The molecule has 0 aliphatic carbocycles. The van der Waals surface area contributed by atoms with Gasteiger partial charge >= 0.3 is 24.2 Å². The Balaban J connectivity index is 2.74. The normalized spacial score (nSPS) is 17.9. The number of aliphatic hydroxyl groups is 1. The van der Waals surface area contributed by atoms with Crippen LogP contribution in [-0.4, -0.2) is 59.6 Å². The first-order valence-corrected chi connectivity index (χ1v) is 5.46. The number of nitrogens with zero attached hydrogens (tertiary/aromatic N) is 1. The van der Waals surface area contributed by atoms with Crippen molar-refractivity contribution in [1.29, 1.82) is 0 Å². The number of carbonyl (C=O) groups excluding carboxylic acids is 2. The van der Waals surface area contributed by atoms with Crippen LogP contribution in [0.2, 0.25) is 0 Å². The summed E-state index contributed by atoms with van der Waals surface area (Å²) in [5.41, 5.74) is -1.46. The van der Waals surface area contributed by atoms with Gasteiger partial charge < -0.3 is 15.3 Å². The monoisotopic (exact) mass is 324 g/mol. The zero-order chi connectivity index (χ0) is 16.5. The molecule has 1 saturated heterocycles. The second-order valence-electron chi connectivity index (χ2n) is 4.36. The van der Waals surface area contributed by atoms with Crippen molar-refractivity contribution in [2.75, 3.05) is 19.6 Å². The maximum atomic E-state index is 12.2. The van der Waals surface area contributed by atoms with E-state index >= 15 is 0 Å². The first-order chi connectivity index (χ1) is 9.35. The lowest BCUT2D eigenvalue weighted by molar-refractivity contribution is -0.253. The molecule has 0 atom stereocenters. The average molecular weight is 324 g/mol. The zero-order valence-electron chi connectivity index (χ0n) is 10.2. The highest BCUT2D eigenvalue weighted by atomic mass is 19.4. The molecule has 2 N–H and O–H groups in total. The fourth-order valence-corrected chi connectivity index (χ4v) is 1.38. The van der Waals surface area contributed by atoms with Crippen molar-refractivity contribution < 1.29 is 45.9 Å². The molecule has 0 unspecified atom stereocenters. The number of hydrogen-bond acceptors (Lipinski definition) is 5. The van der Waals surface area contributed by atoms with Crippen molar-refractivity contribution in [1.82, 2.24) is 10.4 Å². The third-order valence-corrected chi connectivity index (χ3v) is 2.58. The van der Waals surface area contributed by atoms with E-state index in [-0.39, 0.29) is 13.1 Å². The number of hydroxylamine groups is 2. The molecule has 0 aromatic heterocycles. The predicted octanol–water partition coefficient (Wildman–Crippen LogP) is 0.122. The van der Waals surface area contributed by atoms with Gasteiger partial charge in [-0.25, -0.2) is 4.79 Å². The molecule has 1 heterocycles. The number of amides is 1. The highest BCUT2D eigenvalue weighted by Crippen LogP contribution is 2.24. The number of carbonyl (C=O) groups is 2. The standard InChI is InChI=1S/C9H10F6N2O4/c10-8(11,12)5(18)17(21-6(19)9(13,14)15)2-1-7(20)3-16-4-7/h16,20H,1-4H2. The predicted molar refractivity (Wildman–Crippen MR) is 52.4 cm³/mol. The third-order valence-electron chi connectivity index (χ3n) is 2.58. The molecule has 0 radical (unpaired) electrons. The molecule has 0 bridgehead atoms. The Bertz CT molecular complexity index is 417. The molecule has 21 heavy (non-hydrogen) atoms. The summed E-state index contributed by atoms with van der Waals surface area (Å²) in [6.07, 6.45) is -11.6. The van der Waals surface area contributed by atoms with Gasteiger partial charge in [-0.3, -0.25) is 4.79 Å². The molecule has 1 aliphatic rings. The molecule has 0 aromatic carbocycles. The average Bonchev–Trinajstić information content (AvgIpc) is 2.28. The smallest absolute Gasteiger partial charge is 0.387 e. The van der Waals surface area contributed by atoms with Crippen LogP contribution in [0.4, 0.5) is 26.3 Å². The molecular formula is C9H10F6N2O4. The molecule has 1 aliphatic heterocycles. The lowest BCUT2D eigenvalue weighted by atomic mass is 9.93. The first kappa shape index (κ1) is 17.5. The Labute approximate surface area is 113 Å². The Morgan fingerprint density at radius 3 is 2.00 bits per heavy atom. The van der Waals surface area contributed by atoms with E-state index in [1.165, 1.54) is 0 Å². The van der Waals surface area contributed by atoms with Crippen LogP contribution in [0.3, 0.4) is 0 Å². The van der Waals surface area contributed by atoms with E-state index in [9.17, 15) is 41.0 Å². The van der Waals surface area contributed by atoms with Crippen molar-refractivity contribution in [3.05, 3.63) is 0 Å². The maximum Gasteiger partial charge on any atom is 0.493 e. The van der Waals surface area contributed by atoms with Gasteiger partial charge in [-0.15, -0.1) is 0 Å². The highest BCUT2D eigenvalue weighted by molar-refractivity contribution is 5.83. The quantitative estimate of drug-likeness (QED) is 0.570. The van der Waals surface area contributed by atoms with Gasteiger partial charge in [0.25, 0.3) is 0 Å².